The average Bonchev–Trinajstić information content (AvgIpc) is 2.63. The minimum atomic E-state index is -3.72. The third kappa shape index (κ3) is 5.00. The summed E-state index contributed by atoms with van der Waals surface area (Å²) in [4.78, 5) is 2.13. The molecule has 148 valence electrons. The monoisotopic (exact) mass is 392 g/mol. The van der Waals surface area contributed by atoms with Gasteiger partial charge in [-0.15, -0.1) is 0 Å². The van der Waals surface area contributed by atoms with Crippen molar-refractivity contribution in [3.63, 3.8) is 0 Å². The third-order valence-corrected chi connectivity index (χ3v) is 6.10. The van der Waals surface area contributed by atoms with Gasteiger partial charge in [-0.25, -0.2) is 13.1 Å². The molecule has 2 aromatic rings. The van der Waals surface area contributed by atoms with Crippen LogP contribution < -0.4 is 14.2 Å². The Morgan fingerprint density at radius 2 is 1.59 bits per heavy atom. The molecule has 1 N–H and O–H groups in total. The summed E-state index contributed by atoms with van der Waals surface area (Å²) in [6, 6.07) is 10.9. The van der Waals surface area contributed by atoms with Crippen molar-refractivity contribution in [2.24, 2.45) is 0 Å². The maximum absolute atomic E-state index is 12.9. The van der Waals surface area contributed by atoms with Crippen LogP contribution in [-0.4, -0.2) is 48.2 Å². The summed E-state index contributed by atoms with van der Waals surface area (Å²) < 4.78 is 39.0. The lowest BCUT2D eigenvalue weighted by Crippen LogP contribution is -2.34. The molecule has 0 bridgehead atoms. The normalized spacial score (nSPS) is 12.9. The largest absolute Gasteiger partial charge is 0.497 e. The number of ether oxygens (including phenoxy) is 2. The van der Waals surface area contributed by atoms with Crippen LogP contribution in [0.25, 0.3) is 0 Å². The molecule has 0 radical (unpaired) electrons. The van der Waals surface area contributed by atoms with Crippen molar-refractivity contribution in [2.45, 2.75) is 24.8 Å². The first-order valence-electron chi connectivity index (χ1n) is 8.65. The predicted octanol–water partition coefficient (Wildman–Crippen LogP) is 2.90. The number of benzene rings is 2. The summed E-state index contributed by atoms with van der Waals surface area (Å²) in [5.41, 5.74) is 2.88. The van der Waals surface area contributed by atoms with E-state index in [1.54, 1.807) is 19.2 Å². The summed E-state index contributed by atoms with van der Waals surface area (Å²) in [5.74, 6) is 1.10. The maximum Gasteiger partial charge on any atom is 0.244 e. The van der Waals surface area contributed by atoms with E-state index in [-0.39, 0.29) is 17.5 Å². The molecule has 6 nitrogen and oxygen atoms in total. The topological polar surface area (TPSA) is 67.9 Å². The van der Waals surface area contributed by atoms with Gasteiger partial charge in [-0.3, -0.25) is 0 Å². The fraction of sp³-hybridized carbons (Fsp3) is 0.400. The zero-order chi connectivity index (χ0) is 20.2. The van der Waals surface area contributed by atoms with E-state index in [2.05, 4.69) is 4.72 Å². The second-order valence-electron chi connectivity index (χ2n) is 6.69. The van der Waals surface area contributed by atoms with Crippen LogP contribution in [0.2, 0.25) is 0 Å². The molecule has 0 aliphatic heterocycles. The van der Waals surface area contributed by atoms with Gasteiger partial charge in [0.05, 0.1) is 14.2 Å². The fourth-order valence-electron chi connectivity index (χ4n) is 2.82. The van der Waals surface area contributed by atoms with E-state index in [4.69, 9.17) is 9.47 Å². The first kappa shape index (κ1) is 21.2. The summed E-state index contributed by atoms with van der Waals surface area (Å²) in [7, 11) is 3.20. The first-order valence-corrected chi connectivity index (χ1v) is 10.1. The van der Waals surface area contributed by atoms with Crippen LogP contribution >= 0.6 is 0 Å². The van der Waals surface area contributed by atoms with Crippen molar-refractivity contribution in [3.05, 3.63) is 53.1 Å². The molecule has 27 heavy (non-hydrogen) atoms. The smallest absolute Gasteiger partial charge is 0.244 e. The van der Waals surface area contributed by atoms with Gasteiger partial charge in [0.25, 0.3) is 0 Å². The van der Waals surface area contributed by atoms with E-state index in [1.807, 2.05) is 57.1 Å². The van der Waals surface area contributed by atoms with Crippen LogP contribution in [0.5, 0.6) is 11.5 Å². The number of likely N-dealkylation sites (N-methyl/N-ethyl adjacent to an activating group) is 1. The highest BCUT2D eigenvalue weighted by atomic mass is 32.2. The van der Waals surface area contributed by atoms with Crippen LogP contribution in [0.15, 0.2) is 41.3 Å². The van der Waals surface area contributed by atoms with E-state index < -0.39 is 10.0 Å². The van der Waals surface area contributed by atoms with Gasteiger partial charge in [-0.05, 0) is 68.9 Å². The lowest BCUT2D eigenvalue weighted by atomic mass is 10.1. The first-order chi connectivity index (χ1) is 12.7. The molecule has 0 aliphatic carbocycles. The molecule has 2 aromatic carbocycles. The standard InChI is InChI=1S/C20H28N2O4S/c1-14-11-19(26-6)20(12-15(14)2)27(23,24)21-13-18(22(3)4)16-7-9-17(25-5)10-8-16/h7-12,18,21H,13H2,1-6H3. The summed E-state index contributed by atoms with van der Waals surface area (Å²) in [6.45, 7) is 4.04. The second kappa shape index (κ2) is 8.73. The van der Waals surface area contributed by atoms with Gasteiger partial charge in [-0.1, -0.05) is 12.1 Å². The molecule has 0 heterocycles. The Bertz CT molecular complexity index is 878. The van der Waals surface area contributed by atoms with Crippen LogP contribution in [0.4, 0.5) is 0 Å². The third-order valence-electron chi connectivity index (χ3n) is 4.66. The molecular formula is C20H28N2O4S. The van der Waals surface area contributed by atoms with Gasteiger partial charge in [0.2, 0.25) is 10.0 Å². The highest BCUT2D eigenvalue weighted by Crippen LogP contribution is 2.28. The summed E-state index contributed by atoms with van der Waals surface area (Å²) in [5, 5.41) is 0. The highest BCUT2D eigenvalue weighted by Gasteiger charge is 2.23. The Morgan fingerprint density at radius 1 is 1.00 bits per heavy atom. The fourth-order valence-corrected chi connectivity index (χ4v) is 4.10. The van der Waals surface area contributed by atoms with E-state index in [1.165, 1.54) is 7.11 Å². The molecule has 2 rings (SSSR count). The number of hydrogen-bond donors (Lipinski definition) is 1. The Kier molecular flexibility index (Phi) is 6.86. The van der Waals surface area contributed by atoms with Gasteiger partial charge >= 0.3 is 0 Å². The lowest BCUT2D eigenvalue weighted by molar-refractivity contribution is 0.299. The number of methoxy groups -OCH3 is 2. The molecule has 1 atom stereocenters. The maximum atomic E-state index is 12.9. The van der Waals surface area contributed by atoms with Gasteiger partial charge in [0.15, 0.2) is 0 Å². The number of nitrogens with zero attached hydrogens (tertiary/aromatic N) is 1. The molecule has 7 heteroatoms. The molecular weight excluding hydrogens is 364 g/mol. The van der Waals surface area contributed by atoms with Crippen molar-refractivity contribution in [1.82, 2.24) is 9.62 Å². The SMILES string of the molecule is COc1ccc(C(CNS(=O)(=O)c2cc(C)c(C)cc2OC)N(C)C)cc1. The Balaban J connectivity index is 2.27. The summed E-state index contributed by atoms with van der Waals surface area (Å²) in [6.07, 6.45) is 0. The van der Waals surface area contributed by atoms with Gasteiger partial charge in [0.1, 0.15) is 16.4 Å². The molecule has 0 spiro atoms. The predicted molar refractivity (Wildman–Crippen MR) is 107 cm³/mol. The quantitative estimate of drug-likeness (QED) is 0.748. The number of sulfonamides is 1. The van der Waals surface area contributed by atoms with Crippen LogP contribution in [0.1, 0.15) is 22.7 Å². The highest BCUT2D eigenvalue weighted by molar-refractivity contribution is 7.89. The van der Waals surface area contributed by atoms with Crippen LogP contribution in [-0.2, 0) is 10.0 Å². The second-order valence-corrected chi connectivity index (χ2v) is 8.43. The molecule has 0 aliphatic rings. The van der Waals surface area contributed by atoms with Gasteiger partial charge in [-0.2, -0.15) is 0 Å². The van der Waals surface area contributed by atoms with E-state index in [0.717, 1.165) is 22.4 Å². The molecule has 0 aromatic heterocycles. The number of hydrogen-bond acceptors (Lipinski definition) is 5. The van der Waals surface area contributed by atoms with E-state index in [0.29, 0.717) is 5.75 Å². The molecule has 0 amide bonds. The van der Waals surface area contributed by atoms with Crippen molar-refractivity contribution < 1.29 is 17.9 Å². The Morgan fingerprint density at radius 3 is 2.11 bits per heavy atom. The van der Waals surface area contributed by atoms with E-state index in [9.17, 15) is 8.42 Å². The van der Waals surface area contributed by atoms with Crippen molar-refractivity contribution in [3.8, 4) is 11.5 Å². The Hall–Kier alpha value is -2.09. The molecule has 0 fully saturated rings. The van der Waals surface area contributed by atoms with E-state index >= 15 is 0 Å². The average molecular weight is 393 g/mol. The number of rotatable bonds is 8. The summed E-state index contributed by atoms with van der Waals surface area (Å²) >= 11 is 0. The van der Waals surface area contributed by atoms with Gasteiger partial charge < -0.3 is 14.4 Å². The van der Waals surface area contributed by atoms with Crippen molar-refractivity contribution in [1.29, 1.82) is 0 Å². The van der Waals surface area contributed by atoms with Crippen LogP contribution in [0.3, 0.4) is 0 Å². The minimum Gasteiger partial charge on any atom is -0.497 e. The van der Waals surface area contributed by atoms with Crippen LogP contribution in [0, 0.1) is 13.8 Å². The number of nitrogens with one attached hydrogen (secondary N) is 1. The zero-order valence-electron chi connectivity index (χ0n) is 16.7. The molecule has 1 unspecified atom stereocenters. The minimum absolute atomic E-state index is 0.122. The molecule has 0 saturated heterocycles. The van der Waals surface area contributed by atoms with Crippen molar-refractivity contribution >= 4 is 10.0 Å². The molecule has 0 saturated carbocycles. The Labute approximate surface area is 162 Å². The lowest BCUT2D eigenvalue weighted by Gasteiger charge is -2.25. The van der Waals surface area contributed by atoms with Gasteiger partial charge in [0, 0.05) is 12.6 Å². The number of aryl methyl sites for hydroxylation is 2. The zero-order valence-corrected chi connectivity index (χ0v) is 17.6. The van der Waals surface area contributed by atoms with Crippen molar-refractivity contribution in [2.75, 3.05) is 34.9 Å².